The minimum Gasteiger partial charge on any atom is -0.373 e. The molecule has 2 nitrogen and oxygen atoms in total. The van der Waals surface area contributed by atoms with Crippen LogP contribution in [0, 0.1) is 5.92 Å². The van der Waals surface area contributed by atoms with Crippen molar-refractivity contribution in [1.82, 2.24) is 5.32 Å². The number of halogens is 6. The van der Waals surface area contributed by atoms with Crippen LogP contribution >= 0.6 is 0 Å². The highest BCUT2D eigenvalue weighted by atomic mass is 19.4. The van der Waals surface area contributed by atoms with Gasteiger partial charge in [0.25, 0.3) is 5.60 Å². The summed E-state index contributed by atoms with van der Waals surface area (Å²) in [5.74, 6) is -1.86. The average Bonchev–Trinajstić information content (AvgIpc) is 1.77. The molecule has 0 aromatic carbocycles. The second-order valence-corrected chi connectivity index (χ2v) is 3.12. The normalized spacial score (nSPS) is 20.8. The largest absolute Gasteiger partial charge is 0.426 e. The molecule has 0 aliphatic carbocycles. The van der Waals surface area contributed by atoms with Gasteiger partial charge < -0.3 is 10.4 Å². The second kappa shape index (κ2) is 2.99. The minimum atomic E-state index is -5.70. The first-order valence-corrected chi connectivity index (χ1v) is 3.67. The predicted molar refractivity (Wildman–Crippen MR) is 33.4 cm³/mol. The molecule has 2 N–H and O–H groups in total. The van der Waals surface area contributed by atoms with Crippen LogP contribution in [-0.2, 0) is 0 Å². The van der Waals surface area contributed by atoms with Crippen LogP contribution in [-0.4, -0.2) is 36.1 Å². The Balaban J connectivity index is 3.01. The van der Waals surface area contributed by atoms with Crippen LogP contribution in [0.5, 0.6) is 0 Å². The van der Waals surface area contributed by atoms with E-state index in [1.165, 1.54) is 0 Å². The zero-order valence-corrected chi connectivity index (χ0v) is 6.71. The SMILES string of the molecule is OC(C1CNC1)(C(F)(F)F)C(F)(F)F. The molecule has 0 atom stereocenters. The van der Waals surface area contributed by atoms with Gasteiger partial charge in [0.05, 0.1) is 0 Å². The third kappa shape index (κ3) is 1.46. The Labute approximate surface area is 74.9 Å². The summed E-state index contributed by atoms with van der Waals surface area (Å²) in [5, 5.41) is 11.0. The van der Waals surface area contributed by atoms with Crippen molar-refractivity contribution in [1.29, 1.82) is 0 Å². The fourth-order valence-electron chi connectivity index (χ4n) is 1.21. The lowest BCUT2D eigenvalue weighted by Crippen LogP contribution is -2.69. The molecule has 0 saturated carbocycles. The van der Waals surface area contributed by atoms with Crippen LogP contribution in [0.2, 0.25) is 0 Å². The molecule has 1 aliphatic heterocycles. The second-order valence-electron chi connectivity index (χ2n) is 3.12. The molecule has 1 saturated heterocycles. The highest BCUT2D eigenvalue weighted by Crippen LogP contribution is 2.48. The topological polar surface area (TPSA) is 32.3 Å². The highest BCUT2D eigenvalue weighted by molar-refractivity contribution is 5.03. The fraction of sp³-hybridized carbons (Fsp3) is 1.00. The average molecular weight is 223 g/mol. The first kappa shape index (κ1) is 11.6. The van der Waals surface area contributed by atoms with Gasteiger partial charge in [0.2, 0.25) is 0 Å². The van der Waals surface area contributed by atoms with Gasteiger partial charge in [-0.25, -0.2) is 0 Å². The van der Waals surface area contributed by atoms with Gasteiger partial charge in [-0.2, -0.15) is 26.3 Å². The molecule has 8 heteroatoms. The number of alkyl halides is 6. The molecule has 0 bridgehead atoms. The van der Waals surface area contributed by atoms with Crippen molar-refractivity contribution in [2.75, 3.05) is 13.1 Å². The third-order valence-electron chi connectivity index (χ3n) is 2.24. The first-order chi connectivity index (χ1) is 6.11. The van der Waals surface area contributed by atoms with E-state index in [-0.39, 0.29) is 0 Å². The maximum absolute atomic E-state index is 12.1. The van der Waals surface area contributed by atoms with Crippen LogP contribution in [0.1, 0.15) is 0 Å². The summed E-state index contributed by atoms with van der Waals surface area (Å²) < 4.78 is 72.4. The van der Waals surface area contributed by atoms with E-state index in [0.29, 0.717) is 0 Å². The molecule has 1 aliphatic rings. The summed E-state index contributed by atoms with van der Waals surface area (Å²) in [5.41, 5.74) is -4.59. The lowest BCUT2D eigenvalue weighted by molar-refractivity contribution is -0.388. The lowest BCUT2D eigenvalue weighted by atomic mass is 9.82. The van der Waals surface area contributed by atoms with Crippen molar-refractivity contribution in [3.05, 3.63) is 0 Å². The van der Waals surface area contributed by atoms with Gasteiger partial charge in [-0.15, -0.1) is 0 Å². The van der Waals surface area contributed by atoms with E-state index in [1.807, 2.05) is 0 Å². The maximum Gasteiger partial charge on any atom is 0.426 e. The van der Waals surface area contributed by atoms with Crippen molar-refractivity contribution in [3.8, 4) is 0 Å². The zero-order valence-electron chi connectivity index (χ0n) is 6.71. The van der Waals surface area contributed by atoms with Crippen LogP contribution in [0.3, 0.4) is 0 Å². The number of aliphatic hydroxyl groups is 1. The summed E-state index contributed by atoms with van der Waals surface area (Å²) >= 11 is 0. The Morgan fingerprint density at radius 1 is 0.929 bits per heavy atom. The standard InChI is InChI=1S/C6H7F6NO/c7-5(8,9)4(14,6(10,11)12)3-1-13-2-3/h3,13-14H,1-2H2. The Kier molecular flexibility index (Phi) is 2.47. The molecule has 0 aromatic rings. The van der Waals surface area contributed by atoms with E-state index in [1.54, 1.807) is 0 Å². The summed E-state index contributed by atoms with van der Waals surface area (Å²) in [6.07, 6.45) is -11.4. The lowest BCUT2D eigenvalue weighted by Gasteiger charge is -2.43. The molecule has 0 aromatic heterocycles. The molecule has 84 valence electrons. The summed E-state index contributed by atoms with van der Waals surface area (Å²) in [4.78, 5) is 0. The predicted octanol–water partition coefficient (Wildman–Crippen LogP) is 1.06. The molecule has 1 fully saturated rings. The summed E-state index contributed by atoms with van der Waals surface area (Å²) in [7, 11) is 0. The Morgan fingerprint density at radius 3 is 1.36 bits per heavy atom. The maximum atomic E-state index is 12.1. The van der Waals surface area contributed by atoms with Crippen LogP contribution in [0.25, 0.3) is 0 Å². The summed E-state index contributed by atoms with van der Waals surface area (Å²) in [6, 6.07) is 0. The Morgan fingerprint density at radius 2 is 1.29 bits per heavy atom. The number of nitrogens with one attached hydrogen (secondary N) is 1. The third-order valence-corrected chi connectivity index (χ3v) is 2.24. The summed E-state index contributed by atoms with van der Waals surface area (Å²) in [6.45, 7) is -0.981. The van der Waals surface area contributed by atoms with Gasteiger partial charge in [-0.1, -0.05) is 0 Å². The van der Waals surface area contributed by atoms with Crippen LogP contribution in [0.15, 0.2) is 0 Å². The molecule has 0 radical (unpaired) electrons. The molecule has 0 amide bonds. The van der Waals surface area contributed by atoms with Gasteiger partial charge in [-0.3, -0.25) is 0 Å². The van der Waals surface area contributed by atoms with Gasteiger partial charge in [0.1, 0.15) is 0 Å². The van der Waals surface area contributed by atoms with Crippen LogP contribution in [0.4, 0.5) is 26.3 Å². The Bertz CT molecular complexity index is 203. The molecular weight excluding hydrogens is 216 g/mol. The number of rotatable bonds is 1. The molecular formula is C6H7F6NO. The van der Waals surface area contributed by atoms with Crippen molar-refractivity contribution >= 4 is 0 Å². The minimum absolute atomic E-state index is 0.491. The van der Waals surface area contributed by atoms with Gasteiger partial charge in [0, 0.05) is 19.0 Å². The van der Waals surface area contributed by atoms with Gasteiger partial charge >= 0.3 is 12.4 Å². The molecule has 1 heterocycles. The van der Waals surface area contributed by atoms with Crippen molar-refractivity contribution in [3.63, 3.8) is 0 Å². The fourth-order valence-corrected chi connectivity index (χ4v) is 1.21. The van der Waals surface area contributed by atoms with Crippen molar-refractivity contribution in [2.45, 2.75) is 18.0 Å². The van der Waals surface area contributed by atoms with E-state index < -0.39 is 37.0 Å². The van der Waals surface area contributed by atoms with E-state index >= 15 is 0 Å². The molecule has 0 unspecified atom stereocenters. The monoisotopic (exact) mass is 223 g/mol. The zero-order chi connectivity index (χ0) is 11.2. The van der Waals surface area contributed by atoms with Crippen LogP contribution < -0.4 is 5.32 Å². The van der Waals surface area contributed by atoms with Crippen molar-refractivity contribution < 1.29 is 31.4 Å². The number of hydrogen-bond acceptors (Lipinski definition) is 2. The van der Waals surface area contributed by atoms with E-state index in [9.17, 15) is 26.3 Å². The van der Waals surface area contributed by atoms with E-state index in [4.69, 9.17) is 5.11 Å². The van der Waals surface area contributed by atoms with E-state index in [2.05, 4.69) is 5.32 Å². The molecule has 0 spiro atoms. The first-order valence-electron chi connectivity index (χ1n) is 3.67. The quantitative estimate of drug-likeness (QED) is 0.651. The van der Waals surface area contributed by atoms with E-state index in [0.717, 1.165) is 0 Å². The van der Waals surface area contributed by atoms with Crippen molar-refractivity contribution in [2.24, 2.45) is 5.92 Å². The number of hydrogen-bond donors (Lipinski definition) is 2. The smallest absolute Gasteiger partial charge is 0.373 e. The molecule has 1 rings (SSSR count). The molecule has 14 heavy (non-hydrogen) atoms. The Hall–Kier alpha value is -0.500. The van der Waals surface area contributed by atoms with Gasteiger partial charge in [-0.05, 0) is 0 Å². The van der Waals surface area contributed by atoms with Gasteiger partial charge in [0.15, 0.2) is 0 Å². The highest BCUT2D eigenvalue weighted by Gasteiger charge is 2.74.